The van der Waals surface area contributed by atoms with Crippen LogP contribution in [0.5, 0.6) is 0 Å². The summed E-state index contributed by atoms with van der Waals surface area (Å²) in [4.78, 5) is 12.0. The molecular weight excluding hydrogens is 202 g/mol. The van der Waals surface area contributed by atoms with Crippen LogP contribution < -0.4 is 5.73 Å². The number of furan rings is 1. The molecule has 2 N–H and O–H groups in total. The van der Waals surface area contributed by atoms with Gasteiger partial charge in [0.1, 0.15) is 5.58 Å². The molecule has 1 saturated carbocycles. The number of hydrogen-bond acceptors (Lipinski definition) is 3. The molecular formula is C13H13NO2. The van der Waals surface area contributed by atoms with E-state index in [0.29, 0.717) is 5.76 Å². The third kappa shape index (κ3) is 1.28. The Bertz CT molecular complexity index is 579. The van der Waals surface area contributed by atoms with Gasteiger partial charge in [-0.2, -0.15) is 0 Å². The molecule has 0 radical (unpaired) electrons. The van der Waals surface area contributed by atoms with Gasteiger partial charge in [0.25, 0.3) is 0 Å². The Labute approximate surface area is 93.2 Å². The van der Waals surface area contributed by atoms with Crippen molar-refractivity contribution in [1.82, 2.24) is 0 Å². The van der Waals surface area contributed by atoms with Crippen molar-refractivity contribution in [2.75, 3.05) is 0 Å². The van der Waals surface area contributed by atoms with Gasteiger partial charge in [-0.05, 0) is 31.4 Å². The van der Waals surface area contributed by atoms with Gasteiger partial charge in [-0.3, -0.25) is 4.79 Å². The molecule has 3 heteroatoms. The maximum Gasteiger partial charge on any atom is 0.217 e. The number of nitrogens with two attached hydrogens (primary N) is 1. The molecule has 0 bridgehead atoms. The summed E-state index contributed by atoms with van der Waals surface area (Å²) in [5.41, 5.74) is 7.05. The zero-order valence-corrected chi connectivity index (χ0v) is 9.12. The normalized spacial score (nSPS) is 17.6. The van der Waals surface area contributed by atoms with Gasteiger partial charge >= 0.3 is 0 Å². The molecule has 1 aromatic heterocycles. The SMILES string of the molecule is Cc1cccc2cc(C(=O)C3(N)CC3)oc12. The molecule has 0 spiro atoms. The predicted octanol–water partition coefficient (Wildman–Crippen LogP) is 2.42. The van der Waals surface area contributed by atoms with Crippen LogP contribution >= 0.6 is 0 Å². The van der Waals surface area contributed by atoms with Gasteiger partial charge in [0, 0.05) is 5.39 Å². The lowest BCUT2D eigenvalue weighted by Gasteiger charge is -2.02. The van der Waals surface area contributed by atoms with Crippen LogP contribution in [0, 0.1) is 6.92 Å². The molecule has 1 aromatic carbocycles. The number of fused-ring (bicyclic) bond motifs is 1. The summed E-state index contributed by atoms with van der Waals surface area (Å²) in [7, 11) is 0. The van der Waals surface area contributed by atoms with E-state index in [9.17, 15) is 4.79 Å². The second-order valence-electron chi connectivity index (χ2n) is 4.59. The zero-order valence-electron chi connectivity index (χ0n) is 9.12. The molecule has 0 aliphatic heterocycles. The Morgan fingerprint density at radius 2 is 2.19 bits per heavy atom. The topological polar surface area (TPSA) is 56.2 Å². The number of Topliss-reactive ketones (excluding diaryl/α,β-unsaturated/α-hetero) is 1. The van der Waals surface area contributed by atoms with Crippen LogP contribution in [-0.2, 0) is 0 Å². The second kappa shape index (κ2) is 2.95. The fourth-order valence-corrected chi connectivity index (χ4v) is 1.93. The third-order valence-corrected chi connectivity index (χ3v) is 3.21. The van der Waals surface area contributed by atoms with Crippen molar-refractivity contribution in [3.63, 3.8) is 0 Å². The zero-order chi connectivity index (χ0) is 11.3. The van der Waals surface area contributed by atoms with Crippen molar-refractivity contribution in [1.29, 1.82) is 0 Å². The molecule has 2 aromatic rings. The maximum atomic E-state index is 12.0. The van der Waals surface area contributed by atoms with E-state index in [1.54, 1.807) is 6.07 Å². The van der Waals surface area contributed by atoms with Crippen LogP contribution in [-0.4, -0.2) is 11.3 Å². The van der Waals surface area contributed by atoms with Crippen molar-refractivity contribution < 1.29 is 9.21 Å². The van der Waals surface area contributed by atoms with Gasteiger partial charge < -0.3 is 10.2 Å². The first-order valence-corrected chi connectivity index (χ1v) is 5.43. The number of rotatable bonds is 2. The number of ketones is 1. The van der Waals surface area contributed by atoms with Gasteiger partial charge in [-0.1, -0.05) is 18.2 Å². The number of para-hydroxylation sites is 1. The molecule has 82 valence electrons. The molecule has 0 amide bonds. The third-order valence-electron chi connectivity index (χ3n) is 3.21. The summed E-state index contributed by atoms with van der Waals surface area (Å²) in [5, 5.41) is 0.965. The molecule has 0 atom stereocenters. The molecule has 1 aliphatic carbocycles. The summed E-state index contributed by atoms with van der Waals surface area (Å²) in [6, 6.07) is 7.66. The van der Waals surface area contributed by atoms with Crippen LogP contribution in [0.25, 0.3) is 11.0 Å². The van der Waals surface area contributed by atoms with Crippen molar-refractivity contribution in [2.24, 2.45) is 5.73 Å². The summed E-state index contributed by atoms with van der Waals surface area (Å²) in [6.45, 7) is 1.97. The molecule has 1 fully saturated rings. The van der Waals surface area contributed by atoms with Crippen molar-refractivity contribution in [2.45, 2.75) is 25.3 Å². The van der Waals surface area contributed by atoms with E-state index < -0.39 is 5.54 Å². The first-order chi connectivity index (χ1) is 7.60. The average Bonchev–Trinajstić information content (AvgIpc) is 2.86. The van der Waals surface area contributed by atoms with Crippen LogP contribution in [0.15, 0.2) is 28.7 Å². The molecule has 0 saturated heterocycles. The minimum Gasteiger partial charge on any atom is -0.453 e. The molecule has 3 nitrogen and oxygen atoms in total. The van der Waals surface area contributed by atoms with Gasteiger partial charge in [0.05, 0.1) is 5.54 Å². The fourth-order valence-electron chi connectivity index (χ4n) is 1.93. The van der Waals surface area contributed by atoms with Crippen molar-refractivity contribution in [3.05, 3.63) is 35.6 Å². The molecule has 1 heterocycles. The highest BCUT2D eigenvalue weighted by Gasteiger charge is 2.47. The average molecular weight is 215 g/mol. The Morgan fingerprint density at radius 3 is 2.81 bits per heavy atom. The summed E-state index contributed by atoms with van der Waals surface area (Å²) in [6.07, 6.45) is 1.53. The van der Waals surface area contributed by atoms with E-state index in [1.165, 1.54) is 0 Å². The smallest absolute Gasteiger partial charge is 0.217 e. The van der Waals surface area contributed by atoms with E-state index in [0.717, 1.165) is 29.4 Å². The van der Waals surface area contributed by atoms with Crippen LogP contribution in [0.3, 0.4) is 0 Å². The lowest BCUT2D eigenvalue weighted by molar-refractivity contribution is 0.0924. The van der Waals surface area contributed by atoms with E-state index >= 15 is 0 Å². The van der Waals surface area contributed by atoms with Gasteiger partial charge in [0.2, 0.25) is 5.78 Å². The van der Waals surface area contributed by atoms with Crippen LogP contribution in [0.4, 0.5) is 0 Å². The Balaban J connectivity index is 2.12. The van der Waals surface area contributed by atoms with Gasteiger partial charge in [0.15, 0.2) is 5.76 Å². The predicted molar refractivity (Wildman–Crippen MR) is 61.4 cm³/mol. The Hall–Kier alpha value is -1.61. The number of hydrogen-bond donors (Lipinski definition) is 1. The van der Waals surface area contributed by atoms with Gasteiger partial charge in [-0.25, -0.2) is 0 Å². The minimum atomic E-state index is -0.651. The first-order valence-electron chi connectivity index (χ1n) is 5.43. The highest BCUT2D eigenvalue weighted by Crippen LogP contribution is 2.37. The summed E-state index contributed by atoms with van der Waals surface area (Å²) in [5.74, 6) is 0.326. The highest BCUT2D eigenvalue weighted by atomic mass is 16.3. The molecule has 16 heavy (non-hydrogen) atoms. The second-order valence-corrected chi connectivity index (χ2v) is 4.59. The van der Waals surface area contributed by atoms with E-state index in [-0.39, 0.29) is 5.78 Å². The monoisotopic (exact) mass is 215 g/mol. The highest BCUT2D eigenvalue weighted by molar-refractivity contribution is 6.05. The number of benzene rings is 1. The maximum absolute atomic E-state index is 12.0. The van der Waals surface area contributed by atoms with Crippen LogP contribution in [0.2, 0.25) is 0 Å². The molecule has 3 rings (SSSR count). The minimum absolute atomic E-state index is 0.0666. The number of carbonyl (C=O) groups excluding carboxylic acids is 1. The Morgan fingerprint density at radius 1 is 1.44 bits per heavy atom. The lowest BCUT2D eigenvalue weighted by atomic mass is 10.1. The number of carbonyl (C=O) groups is 1. The van der Waals surface area contributed by atoms with Crippen molar-refractivity contribution >= 4 is 16.8 Å². The van der Waals surface area contributed by atoms with Crippen LogP contribution in [0.1, 0.15) is 29.0 Å². The van der Waals surface area contributed by atoms with Crippen molar-refractivity contribution in [3.8, 4) is 0 Å². The molecule has 1 aliphatic rings. The van der Waals surface area contributed by atoms with E-state index in [1.807, 2.05) is 25.1 Å². The fraction of sp³-hybridized carbons (Fsp3) is 0.308. The largest absolute Gasteiger partial charge is 0.453 e. The van der Waals surface area contributed by atoms with Gasteiger partial charge in [-0.15, -0.1) is 0 Å². The number of aryl methyl sites for hydroxylation is 1. The Kier molecular flexibility index (Phi) is 1.77. The summed E-state index contributed by atoms with van der Waals surface area (Å²) >= 11 is 0. The quantitative estimate of drug-likeness (QED) is 0.782. The molecule has 0 unspecified atom stereocenters. The lowest BCUT2D eigenvalue weighted by Crippen LogP contribution is -2.32. The standard InChI is InChI=1S/C13H13NO2/c1-8-3-2-4-9-7-10(16-11(8)9)12(15)13(14)5-6-13/h2-4,7H,5-6,14H2,1H3. The van der Waals surface area contributed by atoms with E-state index in [4.69, 9.17) is 10.2 Å². The first kappa shape index (κ1) is 9.60. The van der Waals surface area contributed by atoms with E-state index in [2.05, 4.69) is 0 Å². The summed E-state index contributed by atoms with van der Waals surface area (Å²) < 4.78 is 5.60.